The number of rotatable bonds is 9. The van der Waals surface area contributed by atoms with Crippen LogP contribution in [0.15, 0.2) is 48.5 Å². The maximum absolute atomic E-state index is 12.1. The summed E-state index contributed by atoms with van der Waals surface area (Å²) in [5.41, 5.74) is 3.58. The van der Waals surface area contributed by atoms with E-state index in [-0.39, 0.29) is 12.3 Å². The molecule has 26 heavy (non-hydrogen) atoms. The Morgan fingerprint density at radius 3 is 2.50 bits per heavy atom. The zero-order valence-corrected chi connectivity index (χ0v) is 15.2. The van der Waals surface area contributed by atoms with Gasteiger partial charge >= 0.3 is 5.97 Å². The molecule has 0 saturated heterocycles. The Hall–Kier alpha value is -2.66. The largest absolute Gasteiger partial charge is 0.479 e. The van der Waals surface area contributed by atoms with Gasteiger partial charge in [0.2, 0.25) is 5.91 Å². The van der Waals surface area contributed by atoms with Crippen LogP contribution in [0, 0.1) is 13.8 Å². The van der Waals surface area contributed by atoms with Gasteiger partial charge in [0, 0.05) is 13.0 Å². The molecule has 0 aromatic heterocycles. The molecule has 138 valence electrons. The van der Waals surface area contributed by atoms with E-state index in [0.717, 1.165) is 16.7 Å². The van der Waals surface area contributed by atoms with Crippen molar-refractivity contribution in [3.63, 3.8) is 0 Å². The summed E-state index contributed by atoms with van der Waals surface area (Å²) in [6, 6.07) is 14.2. The number of benzene rings is 2. The highest BCUT2D eigenvalue weighted by molar-refractivity contribution is 5.84. The summed E-state index contributed by atoms with van der Waals surface area (Å²) in [5.74, 6) is -1.35. The first kappa shape index (κ1) is 19.7. The molecular formula is C21H25NO4. The second-order valence-electron chi connectivity index (χ2n) is 6.27. The number of aryl methyl sites for hydroxylation is 1. The quantitative estimate of drug-likeness (QED) is 0.675. The van der Waals surface area contributed by atoms with E-state index in [1.807, 2.05) is 50.2 Å². The third-order valence-electron chi connectivity index (χ3n) is 4.31. The SMILES string of the molecule is Cc1cccc(C(NC(=O)CCCOCc2ccccc2)C(=O)O)c1C. The third-order valence-corrected chi connectivity index (χ3v) is 4.31. The number of aliphatic carboxylic acids is 1. The van der Waals surface area contributed by atoms with Gasteiger partial charge in [-0.05, 0) is 42.5 Å². The zero-order chi connectivity index (χ0) is 18.9. The average Bonchev–Trinajstić information content (AvgIpc) is 2.63. The van der Waals surface area contributed by atoms with Gasteiger partial charge in [0.05, 0.1) is 6.61 Å². The van der Waals surface area contributed by atoms with E-state index in [2.05, 4.69) is 5.32 Å². The van der Waals surface area contributed by atoms with E-state index in [4.69, 9.17) is 4.74 Å². The number of carboxylic acid groups (broad SMARTS) is 1. The van der Waals surface area contributed by atoms with Gasteiger partial charge in [-0.1, -0.05) is 48.5 Å². The van der Waals surface area contributed by atoms with Crippen molar-refractivity contribution in [1.82, 2.24) is 5.32 Å². The Bertz CT molecular complexity index is 743. The molecule has 0 aliphatic rings. The van der Waals surface area contributed by atoms with Crippen molar-refractivity contribution in [2.45, 2.75) is 39.3 Å². The van der Waals surface area contributed by atoms with Crippen LogP contribution in [-0.4, -0.2) is 23.6 Å². The Balaban J connectivity index is 1.81. The molecule has 5 heteroatoms. The zero-order valence-electron chi connectivity index (χ0n) is 15.2. The standard InChI is InChI=1S/C21H25NO4/c1-15-8-6-11-18(16(15)2)20(21(24)25)22-19(23)12-7-13-26-14-17-9-4-3-5-10-17/h3-6,8-11,20H,7,12-14H2,1-2H3,(H,22,23)(H,24,25). The predicted molar refractivity (Wildman–Crippen MR) is 99.8 cm³/mol. The molecule has 2 aromatic rings. The van der Waals surface area contributed by atoms with Gasteiger partial charge in [0.25, 0.3) is 0 Å². The van der Waals surface area contributed by atoms with Gasteiger partial charge in [-0.2, -0.15) is 0 Å². The second kappa shape index (κ2) is 9.73. The van der Waals surface area contributed by atoms with Gasteiger partial charge in [-0.15, -0.1) is 0 Å². The number of ether oxygens (including phenoxy) is 1. The molecule has 0 aliphatic heterocycles. The first-order valence-electron chi connectivity index (χ1n) is 8.69. The predicted octanol–water partition coefficient (Wildman–Crippen LogP) is 3.54. The van der Waals surface area contributed by atoms with Gasteiger partial charge < -0.3 is 15.2 Å². The Kier molecular flexibility index (Phi) is 7.36. The van der Waals surface area contributed by atoms with E-state index in [1.54, 1.807) is 12.1 Å². The van der Waals surface area contributed by atoms with E-state index >= 15 is 0 Å². The first-order valence-corrected chi connectivity index (χ1v) is 8.69. The normalized spacial score (nSPS) is 11.8. The Morgan fingerprint density at radius 1 is 1.08 bits per heavy atom. The van der Waals surface area contributed by atoms with Crippen LogP contribution >= 0.6 is 0 Å². The van der Waals surface area contributed by atoms with Crippen molar-refractivity contribution < 1.29 is 19.4 Å². The molecule has 0 fully saturated rings. The molecule has 2 aromatic carbocycles. The highest BCUT2D eigenvalue weighted by Crippen LogP contribution is 2.21. The van der Waals surface area contributed by atoms with Crippen LogP contribution < -0.4 is 5.32 Å². The van der Waals surface area contributed by atoms with Crippen molar-refractivity contribution in [3.05, 3.63) is 70.8 Å². The minimum absolute atomic E-state index is 0.226. The molecule has 1 unspecified atom stereocenters. The topological polar surface area (TPSA) is 75.6 Å². The lowest BCUT2D eigenvalue weighted by Crippen LogP contribution is -2.34. The highest BCUT2D eigenvalue weighted by atomic mass is 16.5. The molecule has 2 rings (SSSR count). The maximum atomic E-state index is 12.1. The van der Waals surface area contributed by atoms with E-state index in [9.17, 15) is 14.7 Å². The summed E-state index contributed by atoms with van der Waals surface area (Å²) >= 11 is 0. The monoisotopic (exact) mass is 355 g/mol. The van der Waals surface area contributed by atoms with E-state index in [1.165, 1.54) is 0 Å². The van der Waals surface area contributed by atoms with Gasteiger partial charge in [-0.25, -0.2) is 4.79 Å². The van der Waals surface area contributed by atoms with Gasteiger partial charge in [0.15, 0.2) is 6.04 Å². The molecule has 0 aliphatic carbocycles. The third kappa shape index (κ3) is 5.70. The number of hydrogen-bond acceptors (Lipinski definition) is 3. The highest BCUT2D eigenvalue weighted by Gasteiger charge is 2.23. The maximum Gasteiger partial charge on any atom is 0.330 e. The fraction of sp³-hybridized carbons (Fsp3) is 0.333. The molecule has 0 saturated carbocycles. The minimum Gasteiger partial charge on any atom is -0.479 e. The Morgan fingerprint density at radius 2 is 1.81 bits per heavy atom. The summed E-state index contributed by atoms with van der Waals surface area (Å²) in [7, 11) is 0. The number of nitrogens with one attached hydrogen (secondary N) is 1. The van der Waals surface area contributed by atoms with Crippen LogP contribution in [-0.2, 0) is 20.9 Å². The number of carboxylic acids is 1. The molecule has 0 heterocycles. The van der Waals surface area contributed by atoms with E-state index in [0.29, 0.717) is 25.2 Å². The lowest BCUT2D eigenvalue weighted by Gasteiger charge is -2.18. The van der Waals surface area contributed by atoms with Gasteiger partial charge in [0.1, 0.15) is 0 Å². The number of carbonyl (C=O) groups is 2. The van der Waals surface area contributed by atoms with Crippen LogP contribution in [0.2, 0.25) is 0 Å². The Labute approximate surface area is 154 Å². The molecule has 2 N–H and O–H groups in total. The summed E-state index contributed by atoms with van der Waals surface area (Å²) in [4.78, 5) is 23.7. The fourth-order valence-corrected chi connectivity index (χ4v) is 2.69. The first-order chi connectivity index (χ1) is 12.5. The minimum atomic E-state index is -1.06. The fourth-order valence-electron chi connectivity index (χ4n) is 2.69. The molecule has 0 bridgehead atoms. The molecule has 0 radical (unpaired) electrons. The van der Waals surface area contributed by atoms with Crippen LogP contribution in [0.25, 0.3) is 0 Å². The summed E-state index contributed by atoms with van der Waals surface area (Å²) in [5, 5.41) is 12.1. The number of amides is 1. The number of carbonyl (C=O) groups excluding carboxylic acids is 1. The lowest BCUT2D eigenvalue weighted by atomic mass is 9.97. The van der Waals surface area contributed by atoms with E-state index < -0.39 is 12.0 Å². The summed E-state index contributed by atoms with van der Waals surface area (Å²) in [6.45, 7) is 4.74. The molecule has 5 nitrogen and oxygen atoms in total. The van der Waals surface area contributed by atoms with Crippen molar-refractivity contribution >= 4 is 11.9 Å². The molecular weight excluding hydrogens is 330 g/mol. The van der Waals surface area contributed by atoms with Crippen LogP contribution in [0.1, 0.15) is 41.1 Å². The van der Waals surface area contributed by atoms with Crippen molar-refractivity contribution in [1.29, 1.82) is 0 Å². The lowest BCUT2D eigenvalue weighted by molar-refractivity contribution is -0.142. The second-order valence-corrected chi connectivity index (χ2v) is 6.27. The summed E-state index contributed by atoms with van der Waals surface area (Å²) in [6.07, 6.45) is 0.765. The van der Waals surface area contributed by atoms with Crippen LogP contribution in [0.3, 0.4) is 0 Å². The average molecular weight is 355 g/mol. The van der Waals surface area contributed by atoms with Crippen LogP contribution in [0.4, 0.5) is 0 Å². The van der Waals surface area contributed by atoms with Crippen molar-refractivity contribution in [2.24, 2.45) is 0 Å². The van der Waals surface area contributed by atoms with Crippen LogP contribution in [0.5, 0.6) is 0 Å². The molecule has 0 spiro atoms. The smallest absolute Gasteiger partial charge is 0.330 e. The number of hydrogen-bond donors (Lipinski definition) is 2. The van der Waals surface area contributed by atoms with Crippen molar-refractivity contribution in [2.75, 3.05) is 6.61 Å². The van der Waals surface area contributed by atoms with Crippen molar-refractivity contribution in [3.8, 4) is 0 Å². The molecule has 1 atom stereocenters. The summed E-state index contributed by atoms with van der Waals surface area (Å²) < 4.78 is 5.55. The van der Waals surface area contributed by atoms with Gasteiger partial charge in [-0.3, -0.25) is 4.79 Å². The molecule has 1 amide bonds.